The highest BCUT2D eigenvalue weighted by Crippen LogP contribution is 2.32. The maximum atomic E-state index is 5.68. The maximum absolute atomic E-state index is 5.68. The van der Waals surface area contributed by atoms with Crippen LogP contribution in [0.15, 0.2) is 36.5 Å². The Bertz CT molecular complexity index is 708. The molecule has 2 aliphatic heterocycles. The molecular formula is C21H30N4O. The van der Waals surface area contributed by atoms with Crippen LogP contribution in [0, 0.1) is 0 Å². The number of hydrogen-bond acceptors (Lipinski definition) is 4. The Balaban J connectivity index is 1.54. The minimum atomic E-state index is 0.352. The van der Waals surface area contributed by atoms with Crippen molar-refractivity contribution in [2.75, 3.05) is 26.7 Å². The summed E-state index contributed by atoms with van der Waals surface area (Å²) in [4.78, 5) is 2.63. The van der Waals surface area contributed by atoms with Gasteiger partial charge in [0, 0.05) is 30.9 Å². The lowest BCUT2D eigenvalue weighted by Gasteiger charge is -2.37. The first-order chi connectivity index (χ1) is 12.9. The molecule has 0 amide bonds. The number of aryl methyl sites for hydroxylation is 1. The summed E-state index contributed by atoms with van der Waals surface area (Å²) in [6.07, 6.45) is 8.24. The van der Waals surface area contributed by atoms with Crippen LogP contribution in [-0.4, -0.2) is 41.4 Å². The van der Waals surface area contributed by atoms with E-state index in [4.69, 9.17) is 4.74 Å². The largest absolute Gasteiger partial charge is 0.496 e. The van der Waals surface area contributed by atoms with Crippen LogP contribution in [0.2, 0.25) is 0 Å². The topological polar surface area (TPSA) is 42.3 Å². The quantitative estimate of drug-likeness (QED) is 0.861. The third-order valence-corrected chi connectivity index (χ3v) is 5.86. The van der Waals surface area contributed by atoms with Crippen molar-refractivity contribution in [1.29, 1.82) is 0 Å². The normalized spacial score (nSPS) is 22.0. The highest BCUT2D eigenvalue weighted by molar-refractivity contribution is 5.36. The molecule has 26 heavy (non-hydrogen) atoms. The fraction of sp³-hybridized carbons (Fsp3) is 0.571. The van der Waals surface area contributed by atoms with Crippen molar-refractivity contribution < 1.29 is 4.74 Å². The van der Waals surface area contributed by atoms with Gasteiger partial charge in [0.25, 0.3) is 0 Å². The molecule has 4 rings (SSSR count). The molecule has 1 fully saturated rings. The van der Waals surface area contributed by atoms with Crippen molar-refractivity contribution in [2.45, 2.75) is 50.7 Å². The van der Waals surface area contributed by atoms with Gasteiger partial charge in [0.05, 0.1) is 18.8 Å². The molecule has 0 saturated carbocycles. The van der Waals surface area contributed by atoms with E-state index in [-0.39, 0.29) is 0 Å². The molecule has 0 bridgehead atoms. The van der Waals surface area contributed by atoms with Gasteiger partial charge in [-0.25, -0.2) is 0 Å². The van der Waals surface area contributed by atoms with Crippen molar-refractivity contribution in [3.05, 3.63) is 47.8 Å². The minimum Gasteiger partial charge on any atom is -0.496 e. The number of hydrogen-bond donors (Lipinski definition) is 1. The summed E-state index contributed by atoms with van der Waals surface area (Å²) in [7, 11) is 1.78. The molecule has 3 heterocycles. The molecule has 1 saturated heterocycles. The molecule has 1 N–H and O–H groups in total. The van der Waals surface area contributed by atoms with Gasteiger partial charge in [0.1, 0.15) is 5.75 Å². The smallest absolute Gasteiger partial charge is 0.123 e. The van der Waals surface area contributed by atoms with Gasteiger partial charge in [-0.1, -0.05) is 24.6 Å². The van der Waals surface area contributed by atoms with E-state index in [9.17, 15) is 0 Å². The summed E-state index contributed by atoms with van der Waals surface area (Å²) in [6, 6.07) is 11.4. The number of nitrogens with one attached hydrogen (secondary N) is 1. The third-order valence-electron chi connectivity index (χ3n) is 5.86. The molecule has 2 unspecified atom stereocenters. The van der Waals surface area contributed by atoms with Gasteiger partial charge >= 0.3 is 0 Å². The number of likely N-dealkylation sites (tertiary alicyclic amines) is 1. The van der Waals surface area contributed by atoms with Crippen molar-refractivity contribution in [2.24, 2.45) is 0 Å². The first-order valence-electron chi connectivity index (χ1n) is 9.99. The first kappa shape index (κ1) is 17.6. The van der Waals surface area contributed by atoms with Crippen LogP contribution in [0.4, 0.5) is 0 Å². The van der Waals surface area contributed by atoms with E-state index in [0.717, 1.165) is 18.8 Å². The molecular weight excluding hydrogens is 324 g/mol. The summed E-state index contributed by atoms with van der Waals surface area (Å²) >= 11 is 0. The molecule has 5 nitrogen and oxygen atoms in total. The number of piperidine rings is 1. The Labute approximate surface area is 156 Å². The Morgan fingerprint density at radius 1 is 1.12 bits per heavy atom. The molecule has 140 valence electrons. The highest BCUT2D eigenvalue weighted by atomic mass is 16.5. The Kier molecular flexibility index (Phi) is 5.56. The number of rotatable bonds is 6. The molecule has 1 aromatic heterocycles. The number of ether oxygens (including phenoxy) is 1. The predicted octanol–water partition coefficient (Wildman–Crippen LogP) is 3.54. The van der Waals surface area contributed by atoms with Crippen LogP contribution in [0.25, 0.3) is 0 Å². The van der Waals surface area contributed by atoms with Gasteiger partial charge in [-0.15, -0.1) is 0 Å². The fourth-order valence-corrected chi connectivity index (χ4v) is 4.49. The zero-order valence-corrected chi connectivity index (χ0v) is 15.7. The number of para-hydroxylation sites is 1. The Hall–Kier alpha value is -1.85. The van der Waals surface area contributed by atoms with Gasteiger partial charge in [-0.3, -0.25) is 9.58 Å². The van der Waals surface area contributed by atoms with Crippen molar-refractivity contribution in [3.63, 3.8) is 0 Å². The summed E-state index contributed by atoms with van der Waals surface area (Å²) in [5, 5.41) is 8.31. The van der Waals surface area contributed by atoms with Gasteiger partial charge in [-0.2, -0.15) is 5.10 Å². The summed E-state index contributed by atoms with van der Waals surface area (Å²) in [5.41, 5.74) is 2.63. The van der Waals surface area contributed by atoms with Crippen molar-refractivity contribution >= 4 is 0 Å². The Morgan fingerprint density at radius 3 is 2.81 bits per heavy atom. The van der Waals surface area contributed by atoms with E-state index < -0.39 is 0 Å². The lowest BCUT2D eigenvalue weighted by molar-refractivity contribution is 0.153. The number of nitrogens with zero attached hydrogens (tertiary/aromatic N) is 3. The molecule has 1 aromatic carbocycles. The predicted molar refractivity (Wildman–Crippen MR) is 103 cm³/mol. The lowest BCUT2D eigenvalue weighted by atomic mass is 9.99. The molecule has 0 radical (unpaired) electrons. The number of benzene rings is 1. The van der Waals surface area contributed by atoms with Crippen LogP contribution in [-0.2, 0) is 6.54 Å². The first-order valence-corrected chi connectivity index (χ1v) is 9.99. The molecule has 0 spiro atoms. The van der Waals surface area contributed by atoms with Crippen molar-refractivity contribution in [3.8, 4) is 5.75 Å². The Morgan fingerprint density at radius 2 is 1.96 bits per heavy atom. The second kappa shape index (κ2) is 8.23. The fourth-order valence-electron chi connectivity index (χ4n) is 4.49. The van der Waals surface area contributed by atoms with E-state index in [0.29, 0.717) is 12.1 Å². The van der Waals surface area contributed by atoms with Crippen LogP contribution in [0.1, 0.15) is 55.4 Å². The number of aromatic nitrogens is 2. The molecule has 2 atom stereocenters. The van der Waals surface area contributed by atoms with Crippen LogP contribution in [0.5, 0.6) is 5.75 Å². The standard InChI is InChI=1S/C21H30N4O/c1-26-21-10-4-3-8-17(21)20(24-13-5-2-6-14-24)16-22-18-9-7-15-25-19(18)11-12-23-25/h3-4,8,10-12,18,20,22H,2,5-7,9,13-16H2,1H3. The zero-order chi connectivity index (χ0) is 17.8. The van der Waals surface area contributed by atoms with E-state index >= 15 is 0 Å². The molecule has 2 aliphatic rings. The zero-order valence-electron chi connectivity index (χ0n) is 15.7. The van der Waals surface area contributed by atoms with E-state index in [1.54, 1.807) is 7.11 Å². The van der Waals surface area contributed by atoms with Gasteiger partial charge in [0.2, 0.25) is 0 Å². The maximum Gasteiger partial charge on any atom is 0.123 e. The monoisotopic (exact) mass is 354 g/mol. The van der Waals surface area contributed by atoms with E-state index in [1.807, 2.05) is 6.20 Å². The number of methoxy groups -OCH3 is 1. The molecule has 0 aliphatic carbocycles. The van der Waals surface area contributed by atoms with Crippen molar-refractivity contribution in [1.82, 2.24) is 20.0 Å². The van der Waals surface area contributed by atoms with E-state index in [1.165, 1.54) is 56.5 Å². The lowest BCUT2D eigenvalue weighted by Crippen LogP contribution is -2.41. The highest BCUT2D eigenvalue weighted by Gasteiger charge is 2.27. The average molecular weight is 354 g/mol. The van der Waals surface area contributed by atoms with E-state index in [2.05, 4.69) is 50.3 Å². The second-order valence-corrected chi connectivity index (χ2v) is 7.44. The summed E-state index contributed by atoms with van der Waals surface area (Å²) in [6.45, 7) is 4.33. The van der Waals surface area contributed by atoms with Crippen LogP contribution in [0.3, 0.4) is 0 Å². The summed E-state index contributed by atoms with van der Waals surface area (Å²) < 4.78 is 7.84. The summed E-state index contributed by atoms with van der Waals surface area (Å²) in [5.74, 6) is 0.999. The van der Waals surface area contributed by atoms with Gasteiger partial charge < -0.3 is 10.1 Å². The van der Waals surface area contributed by atoms with Crippen LogP contribution < -0.4 is 10.1 Å². The third kappa shape index (κ3) is 3.64. The molecule has 5 heteroatoms. The van der Waals surface area contributed by atoms with Gasteiger partial charge in [-0.05, 0) is 50.9 Å². The minimum absolute atomic E-state index is 0.352. The number of fused-ring (bicyclic) bond motifs is 1. The second-order valence-electron chi connectivity index (χ2n) is 7.44. The molecule has 2 aromatic rings. The van der Waals surface area contributed by atoms with Crippen LogP contribution >= 0.6 is 0 Å². The van der Waals surface area contributed by atoms with Gasteiger partial charge in [0.15, 0.2) is 0 Å². The SMILES string of the molecule is COc1ccccc1C(CNC1CCCn2nccc21)N1CCCCC1. The average Bonchev–Trinajstić information content (AvgIpc) is 3.19.